The number of para-hydroxylation sites is 1. The van der Waals surface area contributed by atoms with Crippen LogP contribution in [0.4, 0.5) is 0 Å². The minimum absolute atomic E-state index is 0.0526. The van der Waals surface area contributed by atoms with E-state index >= 15 is 0 Å². The fourth-order valence-electron chi connectivity index (χ4n) is 4.61. The highest BCUT2D eigenvalue weighted by Gasteiger charge is 2.39. The predicted octanol–water partition coefficient (Wildman–Crippen LogP) is 5.19. The van der Waals surface area contributed by atoms with Gasteiger partial charge in [-0.05, 0) is 31.0 Å². The number of carbonyl (C=O) groups is 2. The smallest absolute Gasteiger partial charge is 0.255 e. The normalized spacial score (nSPS) is 16.5. The van der Waals surface area contributed by atoms with Gasteiger partial charge in [0.1, 0.15) is 6.54 Å². The summed E-state index contributed by atoms with van der Waals surface area (Å²) < 4.78 is 0. The molecule has 2 heterocycles. The van der Waals surface area contributed by atoms with Crippen molar-refractivity contribution in [2.24, 2.45) is 0 Å². The molecule has 0 radical (unpaired) electrons. The first-order valence-corrected chi connectivity index (χ1v) is 11.4. The van der Waals surface area contributed by atoms with Crippen LogP contribution < -0.4 is 5.32 Å². The van der Waals surface area contributed by atoms with Crippen LogP contribution in [-0.4, -0.2) is 34.3 Å². The lowest BCUT2D eigenvalue weighted by molar-refractivity contribution is -0.122. The zero-order valence-corrected chi connectivity index (χ0v) is 18.4. The number of benzene rings is 2. The van der Waals surface area contributed by atoms with Crippen LogP contribution in [0.2, 0.25) is 0 Å². The van der Waals surface area contributed by atoms with Gasteiger partial charge in [0.25, 0.3) is 5.91 Å². The Hall–Kier alpha value is -3.08. The van der Waals surface area contributed by atoms with Crippen molar-refractivity contribution < 1.29 is 9.59 Å². The molecule has 5 heteroatoms. The van der Waals surface area contributed by atoms with Crippen molar-refractivity contribution in [3.05, 3.63) is 71.4 Å². The van der Waals surface area contributed by atoms with Crippen LogP contribution >= 0.6 is 0 Å². The molecule has 0 bridgehead atoms. The standard InChI is InChI=1S/C26H31N3O2/c1-3-4-5-6-11-18(2)28-24(30)17-29-25(20-13-7-8-14-21(20)26(29)31)22-16-27-23-15-10-9-12-19(22)23/h7-10,12-16,18,25,27H,3-6,11,17H2,1-2H3,(H,28,30). The molecule has 162 valence electrons. The highest BCUT2D eigenvalue weighted by molar-refractivity contribution is 6.02. The summed E-state index contributed by atoms with van der Waals surface area (Å²) >= 11 is 0. The number of aromatic nitrogens is 1. The van der Waals surface area contributed by atoms with E-state index in [-0.39, 0.29) is 30.4 Å². The van der Waals surface area contributed by atoms with Crippen LogP contribution in [0, 0.1) is 0 Å². The summed E-state index contributed by atoms with van der Waals surface area (Å²) in [6.07, 6.45) is 7.67. The van der Waals surface area contributed by atoms with Gasteiger partial charge in [0, 0.05) is 34.3 Å². The lowest BCUT2D eigenvalue weighted by Gasteiger charge is -2.26. The van der Waals surface area contributed by atoms with E-state index in [0.717, 1.165) is 34.9 Å². The Balaban J connectivity index is 1.55. The molecule has 1 aromatic heterocycles. The Kier molecular flexibility index (Phi) is 6.40. The minimum Gasteiger partial charge on any atom is -0.361 e. The van der Waals surface area contributed by atoms with E-state index in [2.05, 4.69) is 23.3 Å². The molecule has 2 unspecified atom stereocenters. The molecule has 4 rings (SSSR count). The monoisotopic (exact) mass is 417 g/mol. The topological polar surface area (TPSA) is 65.2 Å². The molecule has 0 spiro atoms. The summed E-state index contributed by atoms with van der Waals surface area (Å²) in [6, 6.07) is 15.6. The SMILES string of the molecule is CCCCCCC(C)NC(=O)CN1C(=O)c2ccccc2C1c1c[nH]c2ccccc12. The molecule has 31 heavy (non-hydrogen) atoms. The quantitative estimate of drug-likeness (QED) is 0.471. The van der Waals surface area contributed by atoms with Gasteiger partial charge in [-0.2, -0.15) is 0 Å². The van der Waals surface area contributed by atoms with E-state index < -0.39 is 0 Å². The number of hydrogen-bond acceptors (Lipinski definition) is 2. The number of H-pyrrole nitrogens is 1. The van der Waals surface area contributed by atoms with Gasteiger partial charge in [-0.15, -0.1) is 0 Å². The van der Waals surface area contributed by atoms with Crippen molar-refractivity contribution in [3.63, 3.8) is 0 Å². The Labute approximate surface area is 183 Å². The van der Waals surface area contributed by atoms with E-state index in [1.165, 1.54) is 19.3 Å². The molecule has 0 aliphatic carbocycles. The highest BCUT2D eigenvalue weighted by atomic mass is 16.2. The highest BCUT2D eigenvalue weighted by Crippen LogP contribution is 2.40. The van der Waals surface area contributed by atoms with Gasteiger partial charge in [-0.25, -0.2) is 0 Å². The Morgan fingerprint density at radius 3 is 2.68 bits per heavy atom. The van der Waals surface area contributed by atoms with Crippen molar-refractivity contribution >= 4 is 22.7 Å². The van der Waals surface area contributed by atoms with E-state index in [4.69, 9.17) is 0 Å². The van der Waals surface area contributed by atoms with Crippen molar-refractivity contribution in [1.82, 2.24) is 15.2 Å². The summed E-state index contributed by atoms with van der Waals surface area (Å²) in [7, 11) is 0. The third kappa shape index (κ3) is 4.36. The molecule has 0 saturated carbocycles. The lowest BCUT2D eigenvalue weighted by atomic mass is 9.97. The molecule has 1 aliphatic rings. The maximum absolute atomic E-state index is 13.2. The van der Waals surface area contributed by atoms with Crippen LogP contribution in [-0.2, 0) is 4.79 Å². The maximum Gasteiger partial charge on any atom is 0.255 e. The third-order valence-corrected chi connectivity index (χ3v) is 6.19. The largest absolute Gasteiger partial charge is 0.361 e. The van der Waals surface area contributed by atoms with Crippen LogP contribution in [0.15, 0.2) is 54.7 Å². The second-order valence-corrected chi connectivity index (χ2v) is 8.53. The van der Waals surface area contributed by atoms with Gasteiger partial charge < -0.3 is 15.2 Å². The summed E-state index contributed by atoms with van der Waals surface area (Å²) in [5.41, 5.74) is 3.68. The summed E-state index contributed by atoms with van der Waals surface area (Å²) in [5.74, 6) is -0.189. The van der Waals surface area contributed by atoms with Gasteiger partial charge in [0.15, 0.2) is 0 Å². The second kappa shape index (κ2) is 9.38. The average molecular weight is 418 g/mol. The minimum atomic E-state index is -0.273. The zero-order valence-electron chi connectivity index (χ0n) is 18.4. The number of amides is 2. The number of unbranched alkanes of at least 4 members (excludes halogenated alkanes) is 3. The van der Waals surface area contributed by atoms with Crippen molar-refractivity contribution in [2.75, 3.05) is 6.54 Å². The van der Waals surface area contributed by atoms with E-state index in [1.807, 2.05) is 55.6 Å². The fraction of sp³-hybridized carbons (Fsp3) is 0.385. The molecule has 2 atom stereocenters. The van der Waals surface area contributed by atoms with E-state index in [1.54, 1.807) is 4.90 Å². The predicted molar refractivity (Wildman–Crippen MR) is 124 cm³/mol. The molecule has 2 aromatic carbocycles. The van der Waals surface area contributed by atoms with Gasteiger partial charge in [-0.1, -0.05) is 69.0 Å². The Bertz CT molecular complexity index is 1070. The first-order chi connectivity index (χ1) is 15.1. The molecular formula is C26H31N3O2. The summed E-state index contributed by atoms with van der Waals surface area (Å²) in [4.78, 5) is 31.1. The van der Waals surface area contributed by atoms with Gasteiger partial charge >= 0.3 is 0 Å². The van der Waals surface area contributed by atoms with Crippen molar-refractivity contribution in [3.8, 4) is 0 Å². The number of fused-ring (bicyclic) bond motifs is 2. The second-order valence-electron chi connectivity index (χ2n) is 8.53. The molecule has 5 nitrogen and oxygen atoms in total. The first-order valence-electron chi connectivity index (χ1n) is 11.4. The van der Waals surface area contributed by atoms with Gasteiger partial charge in [0.05, 0.1) is 6.04 Å². The molecule has 0 saturated heterocycles. The first kappa shape index (κ1) is 21.2. The fourth-order valence-corrected chi connectivity index (χ4v) is 4.61. The number of carbonyl (C=O) groups excluding carboxylic acids is 2. The summed E-state index contributed by atoms with van der Waals surface area (Å²) in [6.45, 7) is 4.29. The molecular weight excluding hydrogens is 386 g/mol. The van der Waals surface area contributed by atoms with Crippen LogP contribution in [0.25, 0.3) is 10.9 Å². The van der Waals surface area contributed by atoms with Gasteiger partial charge in [-0.3, -0.25) is 9.59 Å². The zero-order chi connectivity index (χ0) is 21.8. The van der Waals surface area contributed by atoms with E-state index in [0.29, 0.717) is 5.56 Å². The number of hydrogen-bond donors (Lipinski definition) is 2. The van der Waals surface area contributed by atoms with Crippen LogP contribution in [0.3, 0.4) is 0 Å². The number of rotatable bonds is 9. The molecule has 2 amide bonds. The summed E-state index contributed by atoms with van der Waals surface area (Å²) in [5, 5.41) is 4.17. The van der Waals surface area contributed by atoms with E-state index in [9.17, 15) is 9.59 Å². The van der Waals surface area contributed by atoms with Crippen LogP contribution in [0.5, 0.6) is 0 Å². The third-order valence-electron chi connectivity index (χ3n) is 6.19. The molecule has 3 aromatic rings. The lowest BCUT2D eigenvalue weighted by Crippen LogP contribution is -2.42. The molecule has 0 fully saturated rings. The van der Waals surface area contributed by atoms with Crippen LogP contribution in [0.1, 0.15) is 73.5 Å². The number of nitrogens with one attached hydrogen (secondary N) is 2. The molecule has 2 N–H and O–H groups in total. The Morgan fingerprint density at radius 1 is 1.06 bits per heavy atom. The van der Waals surface area contributed by atoms with Crippen molar-refractivity contribution in [2.45, 2.75) is 58.0 Å². The Morgan fingerprint density at radius 2 is 1.84 bits per heavy atom. The maximum atomic E-state index is 13.2. The number of nitrogens with zero attached hydrogens (tertiary/aromatic N) is 1. The average Bonchev–Trinajstić information content (AvgIpc) is 3.31. The number of aromatic amines is 1. The van der Waals surface area contributed by atoms with Gasteiger partial charge in [0.2, 0.25) is 5.91 Å². The van der Waals surface area contributed by atoms with Crippen molar-refractivity contribution in [1.29, 1.82) is 0 Å². The molecule has 1 aliphatic heterocycles.